The Morgan fingerprint density at radius 1 is 1.29 bits per heavy atom. The number of nitrogens with two attached hydrogens (primary N) is 1. The van der Waals surface area contributed by atoms with Gasteiger partial charge in [0, 0.05) is 49.5 Å². The summed E-state index contributed by atoms with van der Waals surface area (Å²) < 4.78 is 19.5. The molecule has 0 spiro atoms. The van der Waals surface area contributed by atoms with E-state index in [0.29, 0.717) is 11.6 Å². The van der Waals surface area contributed by atoms with E-state index < -0.39 is 0 Å². The molecule has 0 amide bonds. The number of benzene rings is 1. The SMILES string of the molecule is CC(N)c1c(F)cccc1N1CCC(N2CCOCC2)C1. The summed E-state index contributed by atoms with van der Waals surface area (Å²) >= 11 is 0. The third-order valence-corrected chi connectivity index (χ3v) is 4.55. The second-order valence-corrected chi connectivity index (χ2v) is 6.00. The lowest BCUT2D eigenvalue weighted by molar-refractivity contribution is 0.0209. The molecule has 21 heavy (non-hydrogen) atoms. The largest absolute Gasteiger partial charge is 0.379 e. The standard InChI is InChI=1S/C16H24FN3O/c1-12(18)16-14(17)3-2-4-15(16)20-6-5-13(11-20)19-7-9-21-10-8-19/h2-4,12-13H,5-11,18H2,1H3. The molecule has 0 aromatic heterocycles. The first-order chi connectivity index (χ1) is 10.2. The zero-order valence-electron chi connectivity index (χ0n) is 12.6. The number of hydrogen-bond donors (Lipinski definition) is 1. The van der Waals surface area contributed by atoms with Crippen LogP contribution in [0.25, 0.3) is 0 Å². The Kier molecular flexibility index (Phi) is 4.42. The van der Waals surface area contributed by atoms with Crippen LogP contribution in [0, 0.1) is 5.82 Å². The average Bonchev–Trinajstić information content (AvgIpc) is 2.97. The minimum atomic E-state index is -0.288. The molecule has 0 radical (unpaired) electrons. The van der Waals surface area contributed by atoms with Gasteiger partial charge >= 0.3 is 0 Å². The smallest absolute Gasteiger partial charge is 0.130 e. The van der Waals surface area contributed by atoms with Crippen molar-refractivity contribution in [1.82, 2.24) is 4.90 Å². The van der Waals surface area contributed by atoms with Gasteiger partial charge in [-0.1, -0.05) is 6.07 Å². The third kappa shape index (κ3) is 3.05. The van der Waals surface area contributed by atoms with Crippen LogP contribution >= 0.6 is 0 Å². The number of ether oxygens (including phenoxy) is 1. The van der Waals surface area contributed by atoms with E-state index in [1.165, 1.54) is 6.07 Å². The Bertz CT molecular complexity index is 488. The molecule has 1 aromatic rings. The molecule has 2 aliphatic heterocycles. The van der Waals surface area contributed by atoms with Crippen LogP contribution in [0.15, 0.2) is 18.2 Å². The monoisotopic (exact) mass is 293 g/mol. The van der Waals surface area contributed by atoms with Crippen LogP contribution in [0.5, 0.6) is 0 Å². The summed E-state index contributed by atoms with van der Waals surface area (Å²) in [5, 5.41) is 0. The molecule has 4 nitrogen and oxygen atoms in total. The summed E-state index contributed by atoms with van der Waals surface area (Å²) in [5.41, 5.74) is 7.56. The number of hydrogen-bond acceptors (Lipinski definition) is 4. The van der Waals surface area contributed by atoms with Crippen molar-refractivity contribution in [3.63, 3.8) is 0 Å². The van der Waals surface area contributed by atoms with Crippen LogP contribution in [0.1, 0.15) is 24.9 Å². The van der Waals surface area contributed by atoms with E-state index in [0.717, 1.165) is 51.5 Å². The van der Waals surface area contributed by atoms with E-state index in [2.05, 4.69) is 9.80 Å². The van der Waals surface area contributed by atoms with Crippen molar-refractivity contribution in [3.8, 4) is 0 Å². The maximum Gasteiger partial charge on any atom is 0.130 e. The molecule has 0 saturated carbocycles. The van der Waals surface area contributed by atoms with Gasteiger partial charge in [0.05, 0.1) is 13.2 Å². The minimum Gasteiger partial charge on any atom is -0.379 e. The second kappa shape index (κ2) is 6.30. The van der Waals surface area contributed by atoms with Crippen LogP contribution in [-0.4, -0.2) is 50.3 Å². The zero-order chi connectivity index (χ0) is 14.8. The van der Waals surface area contributed by atoms with Gasteiger partial charge in [0.2, 0.25) is 0 Å². The Hall–Kier alpha value is -1.17. The first kappa shape index (κ1) is 14.8. The number of morpholine rings is 1. The average molecular weight is 293 g/mol. The number of halogens is 1. The van der Waals surface area contributed by atoms with Gasteiger partial charge < -0.3 is 15.4 Å². The normalized spacial score (nSPS) is 25.3. The van der Waals surface area contributed by atoms with Gasteiger partial charge in [0.1, 0.15) is 5.82 Å². The first-order valence-corrected chi connectivity index (χ1v) is 7.77. The summed E-state index contributed by atoms with van der Waals surface area (Å²) in [6.07, 6.45) is 1.12. The third-order valence-electron chi connectivity index (χ3n) is 4.55. The van der Waals surface area contributed by atoms with E-state index in [9.17, 15) is 4.39 Å². The maximum absolute atomic E-state index is 14.1. The molecule has 2 atom stereocenters. The summed E-state index contributed by atoms with van der Waals surface area (Å²) in [7, 11) is 0. The summed E-state index contributed by atoms with van der Waals surface area (Å²) in [6.45, 7) is 7.40. The van der Waals surface area contributed by atoms with Crippen LogP contribution in [-0.2, 0) is 4.74 Å². The predicted molar refractivity (Wildman–Crippen MR) is 82.0 cm³/mol. The van der Waals surface area contributed by atoms with Gasteiger partial charge in [-0.25, -0.2) is 4.39 Å². The molecule has 1 aromatic carbocycles. The van der Waals surface area contributed by atoms with Gasteiger partial charge in [-0.2, -0.15) is 0 Å². The Labute approximate surface area is 125 Å². The molecule has 3 rings (SSSR count). The maximum atomic E-state index is 14.1. The lowest BCUT2D eigenvalue weighted by Gasteiger charge is -2.32. The molecule has 2 heterocycles. The molecule has 2 aliphatic rings. The van der Waals surface area contributed by atoms with Gasteiger partial charge in [0.25, 0.3) is 0 Å². The first-order valence-electron chi connectivity index (χ1n) is 7.77. The number of nitrogens with zero attached hydrogens (tertiary/aromatic N) is 2. The lowest BCUT2D eigenvalue weighted by Crippen LogP contribution is -2.44. The fraction of sp³-hybridized carbons (Fsp3) is 0.625. The highest BCUT2D eigenvalue weighted by Crippen LogP contribution is 2.31. The molecule has 0 bridgehead atoms. The molecule has 2 fully saturated rings. The van der Waals surface area contributed by atoms with Crippen molar-refractivity contribution in [1.29, 1.82) is 0 Å². The van der Waals surface area contributed by atoms with Gasteiger partial charge in [0.15, 0.2) is 0 Å². The van der Waals surface area contributed by atoms with Crippen LogP contribution in [0.3, 0.4) is 0 Å². The quantitative estimate of drug-likeness (QED) is 0.922. The molecule has 2 N–H and O–H groups in total. The predicted octanol–water partition coefficient (Wildman–Crippen LogP) is 1.76. The Morgan fingerprint density at radius 3 is 2.76 bits per heavy atom. The van der Waals surface area contributed by atoms with Crippen molar-refractivity contribution < 1.29 is 9.13 Å². The number of rotatable bonds is 3. The molecule has 5 heteroatoms. The summed E-state index contributed by atoms with van der Waals surface area (Å²) in [4.78, 5) is 4.77. The molecule has 0 aliphatic carbocycles. The molecular weight excluding hydrogens is 269 g/mol. The highest BCUT2D eigenvalue weighted by Gasteiger charge is 2.30. The lowest BCUT2D eigenvalue weighted by atomic mass is 10.1. The Balaban J connectivity index is 1.75. The number of anilines is 1. The highest BCUT2D eigenvalue weighted by atomic mass is 19.1. The Morgan fingerprint density at radius 2 is 2.05 bits per heavy atom. The second-order valence-electron chi connectivity index (χ2n) is 6.00. The zero-order valence-corrected chi connectivity index (χ0v) is 12.6. The van der Waals surface area contributed by atoms with Crippen molar-refractivity contribution >= 4 is 5.69 Å². The highest BCUT2D eigenvalue weighted by molar-refractivity contribution is 5.56. The van der Waals surface area contributed by atoms with Crippen LogP contribution < -0.4 is 10.6 Å². The van der Waals surface area contributed by atoms with Crippen molar-refractivity contribution in [2.45, 2.75) is 25.4 Å². The fourth-order valence-electron chi connectivity index (χ4n) is 3.45. The van der Waals surface area contributed by atoms with E-state index in [1.807, 2.05) is 13.0 Å². The van der Waals surface area contributed by atoms with Crippen molar-refractivity contribution in [3.05, 3.63) is 29.6 Å². The summed E-state index contributed by atoms with van der Waals surface area (Å²) in [6, 6.07) is 5.52. The molecule has 2 unspecified atom stereocenters. The summed E-state index contributed by atoms with van der Waals surface area (Å²) in [5.74, 6) is -0.197. The van der Waals surface area contributed by atoms with E-state index >= 15 is 0 Å². The van der Waals surface area contributed by atoms with E-state index in [4.69, 9.17) is 10.5 Å². The molecule has 2 saturated heterocycles. The van der Waals surface area contributed by atoms with Crippen LogP contribution in [0.2, 0.25) is 0 Å². The van der Waals surface area contributed by atoms with E-state index in [1.54, 1.807) is 6.07 Å². The topological polar surface area (TPSA) is 41.7 Å². The minimum absolute atomic E-state index is 0.197. The van der Waals surface area contributed by atoms with Gasteiger partial charge in [-0.3, -0.25) is 4.90 Å². The molecular formula is C16H24FN3O. The fourth-order valence-corrected chi connectivity index (χ4v) is 3.45. The molecule has 116 valence electrons. The van der Waals surface area contributed by atoms with Crippen molar-refractivity contribution in [2.75, 3.05) is 44.3 Å². The van der Waals surface area contributed by atoms with Crippen LogP contribution in [0.4, 0.5) is 10.1 Å². The van der Waals surface area contributed by atoms with Gasteiger partial charge in [-0.15, -0.1) is 0 Å². The van der Waals surface area contributed by atoms with Crippen molar-refractivity contribution in [2.24, 2.45) is 5.73 Å². The van der Waals surface area contributed by atoms with E-state index in [-0.39, 0.29) is 11.9 Å². The van der Waals surface area contributed by atoms with Gasteiger partial charge in [-0.05, 0) is 25.5 Å².